The zero-order chi connectivity index (χ0) is 13.5. The van der Waals surface area contributed by atoms with Crippen LogP contribution < -0.4 is 0 Å². The van der Waals surface area contributed by atoms with Gasteiger partial charge in [0.2, 0.25) is 0 Å². The van der Waals surface area contributed by atoms with Crippen LogP contribution >= 0.6 is 15.9 Å². The van der Waals surface area contributed by atoms with Crippen LogP contribution in [0.2, 0.25) is 0 Å². The third-order valence-corrected chi connectivity index (χ3v) is 3.88. The van der Waals surface area contributed by atoms with Crippen molar-refractivity contribution in [2.75, 3.05) is 13.1 Å². The Morgan fingerprint density at radius 2 is 1.45 bits per heavy atom. The van der Waals surface area contributed by atoms with Crippen molar-refractivity contribution in [3.8, 4) is 0 Å². The molecule has 0 saturated carbocycles. The predicted octanol–water partition coefficient (Wildman–Crippen LogP) is 6.97. The van der Waals surface area contributed by atoms with Gasteiger partial charge in [-0.3, -0.25) is 0 Å². The fraction of sp³-hybridized carbons (Fsp3) is 0.684. The van der Waals surface area contributed by atoms with Gasteiger partial charge in [0.1, 0.15) is 0 Å². The van der Waals surface area contributed by atoms with Crippen LogP contribution in [0.3, 0.4) is 0 Å². The molecule has 1 aliphatic rings. The summed E-state index contributed by atoms with van der Waals surface area (Å²) < 4.78 is 1.17. The van der Waals surface area contributed by atoms with Gasteiger partial charge in [-0.25, -0.2) is 0 Å². The summed E-state index contributed by atoms with van der Waals surface area (Å²) in [6.45, 7) is 11.6. The minimum atomic E-state index is 0. The molecule has 1 aliphatic heterocycles. The second kappa shape index (κ2) is 16.6. The molecule has 0 amide bonds. The second-order valence-corrected chi connectivity index (χ2v) is 6.46. The van der Waals surface area contributed by atoms with E-state index in [2.05, 4.69) is 66.7 Å². The van der Waals surface area contributed by atoms with Gasteiger partial charge in [-0.15, -0.1) is 0 Å². The minimum Gasteiger partial charge on any atom is -0.301 e. The van der Waals surface area contributed by atoms with Crippen LogP contribution in [0.25, 0.3) is 0 Å². The monoisotopic (exact) mass is 448 g/mol. The summed E-state index contributed by atoms with van der Waals surface area (Å²) in [6.07, 6.45) is 2.83. The maximum absolute atomic E-state index is 3.43. The largest absolute Gasteiger partial charge is 0.301 e. The van der Waals surface area contributed by atoms with Gasteiger partial charge in [0, 0.05) is 43.2 Å². The van der Waals surface area contributed by atoms with E-state index in [1.54, 1.807) is 0 Å². The van der Waals surface area contributed by atoms with Crippen molar-refractivity contribution >= 4 is 15.9 Å². The van der Waals surface area contributed by atoms with E-state index >= 15 is 0 Å². The molecule has 0 atom stereocenters. The molecule has 0 unspecified atom stereocenters. The summed E-state index contributed by atoms with van der Waals surface area (Å²) in [5.74, 6) is 0.623. The van der Waals surface area contributed by atoms with Gasteiger partial charge >= 0.3 is 0 Å². The number of rotatable bonds is 2. The normalized spacial score (nSPS) is 13.0. The summed E-state index contributed by atoms with van der Waals surface area (Å²) in [5, 5.41) is 0. The van der Waals surface area contributed by atoms with Crippen LogP contribution in [0.15, 0.2) is 28.7 Å². The number of benzene rings is 1. The Morgan fingerprint density at radius 3 is 1.73 bits per heavy atom. The maximum atomic E-state index is 3.43. The first-order valence-corrected chi connectivity index (χ1v) is 7.79. The minimum absolute atomic E-state index is 0. The first-order valence-electron chi connectivity index (χ1n) is 7.00. The van der Waals surface area contributed by atoms with Crippen LogP contribution in [-0.4, -0.2) is 24.0 Å². The number of likely N-dealkylation sites (tertiary alicyclic amines) is 1. The van der Waals surface area contributed by atoms with Gasteiger partial charge in [-0.2, -0.15) is 0 Å². The fourth-order valence-corrected chi connectivity index (χ4v) is 2.54. The Balaban J connectivity index is -0.000000126. The van der Waals surface area contributed by atoms with Crippen LogP contribution in [0.1, 0.15) is 74.3 Å². The van der Waals surface area contributed by atoms with Crippen molar-refractivity contribution in [2.24, 2.45) is 0 Å². The molecule has 1 saturated heterocycles. The first-order chi connectivity index (χ1) is 8.50. The Labute approximate surface area is 174 Å². The van der Waals surface area contributed by atoms with E-state index in [4.69, 9.17) is 0 Å². The first kappa shape index (κ1) is 30.6. The van der Waals surface area contributed by atoms with Crippen LogP contribution in [0.5, 0.6) is 0 Å². The molecule has 22 heavy (non-hydrogen) atoms. The van der Waals surface area contributed by atoms with Crippen molar-refractivity contribution in [2.45, 2.75) is 74.8 Å². The van der Waals surface area contributed by atoms with E-state index in [1.165, 1.54) is 36.0 Å². The Hall–Kier alpha value is 0.764. The number of halogens is 1. The third-order valence-electron chi connectivity index (χ3n) is 3.39. The molecule has 0 aromatic heterocycles. The van der Waals surface area contributed by atoms with E-state index in [1.807, 2.05) is 6.07 Å². The van der Waals surface area contributed by atoms with E-state index in [0.29, 0.717) is 5.92 Å². The summed E-state index contributed by atoms with van der Waals surface area (Å²) in [5.41, 5.74) is 1.38. The number of hydrogen-bond donors (Lipinski definition) is 0. The standard InChI is InChI=1S/C9H11Br.C7H15N.3CH4.Y/c1-7(2)8-4-3-5-9(10)6-8;1-7(2)8-5-3-4-6-8;;;;/h3-7H,1-2H3;7H,3-6H2,1-2H3;3*1H4;. The Kier molecular flexibility index (Phi) is 23.1. The summed E-state index contributed by atoms with van der Waals surface area (Å²) >= 11 is 3.43. The average Bonchev–Trinajstić information content (AvgIpc) is 2.83. The predicted molar refractivity (Wildman–Crippen MR) is 104 cm³/mol. The third kappa shape index (κ3) is 12.2. The zero-order valence-corrected chi connectivity index (χ0v) is 17.1. The molecular weight excluding hydrogens is 411 g/mol. The molecule has 1 nitrogen and oxygen atoms in total. The molecule has 0 N–H and O–H groups in total. The molecule has 1 aromatic rings. The van der Waals surface area contributed by atoms with E-state index in [-0.39, 0.29) is 55.0 Å². The summed E-state index contributed by atoms with van der Waals surface area (Å²) in [6, 6.07) is 9.20. The molecule has 3 heteroatoms. The molecule has 1 heterocycles. The molecule has 2 rings (SSSR count). The van der Waals surface area contributed by atoms with Crippen molar-refractivity contribution < 1.29 is 32.7 Å². The molecule has 1 fully saturated rings. The van der Waals surface area contributed by atoms with Crippen LogP contribution in [0.4, 0.5) is 0 Å². The molecule has 1 radical (unpaired) electrons. The quantitative estimate of drug-likeness (QED) is 0.472. The van der Waals surface area contributed by atoms with Crippen molar-refractivity contribution in [1.29, 1.82) is 0 Å². The SMILES string of the molecule is C.C.C.CC(C)N1CCCC1.CC(C)c1cccc(Br)c1.[Y]. The summed E-state index contributed by atoms with van der Waals surface area (Å²) in [7, 11) is 0. The van der Waals surface area contributed by atoms with Gasteiger partial charge in [0.15, 0.2) is 0 Å². The van der Waals surface area contributed by atoms with Gasteiger partial charge in [0.25, 0.3) is 0 Å². The number of hydrogen-bond acceptors (Lipinski definition) is 1. The fourth-order valence-electron chi connectivity index (χ4n) is 2.12. The summed E-state index contributed by atoms with van der Waals surface area (Å²) in [4.78, 5) is 2.53. The van der Waals surface area contributed by atoms with E-state index in [0.717, 1.165) is 6.04 Å². The van der Waals surface area contributed by atoms with Crippen molar-refractivity contribution in [3.05, 3.63) is 34.3 Å². The van der Waals surface area contributed by atoms with Gasteiger partial charge in [-0.05, 0) is 63.4 Å². The smallest absolute Gasteiger partial charge is 0.0178 e. The van der Waals surface area contributed by atoms with Gasteiger partial charge in [-0.1, -0.05) is 64.2 Å². The maximum Gasteiger partial charge on any atom is 0.0178 e. The van der Waals surface area contributed by atoms with Crippen LogP contribution in [-0.2, 0) is 32.7 Å². The van der Waals surface area contributed by atoms with E-state index in [9.17, 15) is 0 Å². The number of nitrogens with zero attached hydrogens (tertiary/aromatic N) is 1. The van der Waals surface area contributed by atoms with Gasteiger partial charge < -0.3 is 4.90 Å². The second-order valence-electron chi connectivity index (χ2n) is 5.55. The Bertz CT molecular complexity index is 347. The molecule has 1 aromatic carbocycles. The van der Waals surface area contributed by atoms with Crippen LogP contribution in [0, 0.1) is 0 Å². The van der Waals surface area contributed by atoms with Gasteiger partial charge in [0.05, 0.1) is 0 Å². The Morgan fingerprint density at radius 1 is 0.955 bits per heavy atom. The topological polar surface area (TPSA) is 3.24 Å². The molecule has 0 spiro atoms. The van der Waals surface area contributed by atoms with E-state index < -0.39 is 0 Å². The van der Waals surface area contributed by atoms with Crippen molar-refractivity contribution in [1.82, 2.24) is 4.90 Å². The van der Waals surface area contributed by atoms with Crippen molar-refractivity contribution in [3.63, 3.8) is 0 Å². The zero-order valence-electron chi connectivity index (χ0n) is 12.7. The molecule has 0 bridgehead atoms. The average molecular weight is 449 g/mol. The molecule has 0 aliphatic carbocycles. The molecular formula is C19H38BrNY. The molecule has 129 valence electrons.